The standard InChI is InChI=1S/C15H16N2O4/c1-2-15(19)16(11-6-4-3-5-7-11)13-9-8-12(18)10-14(13)17(20)21/h3-10,15,18-19H,2H2,1H3. The Morgan fingerprint density at radius 1 is 1.24 bits per heavy atom. The summed E-state index contributed by atoms with van der Waals surface area (Å²) >= 11 is 0. The van der Waals surface area contributed by atoms with Crippen LogP contribution in [0, 0.1) is 10.1 Å². The third-order valence-corrected chi connectivity index (χ3v) is 3.11. The van der Waals surface area contributed by atoms with E-state index in [-0.39, 0.29) is 17.1 Å². The lowest BCUT2D eigenvalue weighted by atomic mass is 10.2. The summed E-state index contributed by atoms with van der Waals surface area (Å²) in [4.78, 5) is 12.1. The number of nitrogens with zero attached hydrogens (tertiary/aromatic N) is 2. The molecule has 2 N–H and O–H groups in total. The van der Waals surface area contributed by atoms with E-state index in [9.17, 15) is 20.3 Å². The fourth-order valence-electron chi connectivity index (χ4n) is 2.10. The normalized spacial score (nSPS) is 11.9. The zero-order chi connectivity index (χ0) is 15.4. The molecule has 0 aliphatic rings. The van der Waals surface area contributed by atoms with Crippen molar-refractivity contribution in [1.29, 1.82) is 0 Å². The Hall–Kier alpha value is -2.60. The highest BCUT2D eigenvalue weighted by Crippen LogP contribution is 2.37. The number of phenols is 1. The highest BCUT2D eigenvalue weighted by molar-refractivity contribution is 5.73. The second kappa shape index (κ2) is 6.23. The number of benzene rings is 2. The van der Waals surface area contributed by atoms with E-state index in [0.717, 1.165) is 6.07 Å². The Morgan fingerprint density at radius 3 is 2.48 bits per heavy atom. The third kappa shape index (κ3) is 3.11. The molecule has 0 aromatic heterocycles. The Balaban J connectivity index is 2.60. The maximum Gasteiger partial charge on any atom is 0.296 e. The lowest BCUT2D eigenvalue weighted by Gasteiger charge is -2.29. The number of aliphatic hydroxyl groups excluding tert-OH is 1. The maximum absolute atomic E-state index is 11.2. The van der Waals surface area contributed by atoms with E-state index in [0.29, 0.717) is 12.1 Å². The second-order valence-corrected chi connectivity index (χ2v) is 4.52. The molecule has 2 aromatic rings. The van der Waals surface area contributed by atoms with E-state index < -0.39 is 11.2 Å². The van der Waals surface area contributed by atoms with Crippen molar-refractivity contribution in [3.63, 3.8) is 0 Å². The van der Waals surface area contributed by atoms with E-state index in [1.54, 1.807) is 31.2 Å². The van der Waals surface area contributed by atoms with Crippen molar-refractivity contribution >= 4 is 17.1 Å². The van der Waals surface area contributed by atoms with Gasteiger partial charge in [-0.3, -0.25) is 10.1 Å². The van der Waals surface area contributed by atoms with Crippen LogP contribution in [0.25, 0.3) is 0 Å². The summed E-state index contributed by atoms with van der Waals surface area (Å²) in [6, 6.07) is 12.8. The molecule has 0 aliphatic heterocycles. The molecular weight excluding hydrogens is 272 g/mol. The Morgan fingerprint density at radius 2 is 1.90 bits per heavy atom. The molecule has 110 valence electrons. The van der Waals surface area contributed by atoms with Crippen molar-refractivity contribution in [3.8, 4) is 5.75 Å². The average Bonchev–Trinajstić information content (AvgIpc) is 2.49. The van der Waals surface area contributed by atoms with Crippen molar-refractivity contribution in [2.45, 2.75) is 19.6 Å². The Bertz CT molecular complexity index is 631. The van der Waals surface area contributed by atoms with Crippen LogP contribution in [0.2, 0.25) is 0 Å². The molecule has 0 amide bonds. The quantitative estimate of drug-likeness (QED) is 0.501. The number of phenolic OH excluding ortho intramolecular Hbond substituents is 1. The lowest BCUT2D eigenvalue weighted by molar-refractivity contribution is -0.384. The number of hydrogen-bond acceptors (Lipinski definition) is 5. The number of hydrogen-bond donors (Lipinski definition) is 2. The third-order valence-electron chi connectivity index (χ3n) is 3.11. The molecule has 6 heteroatoms. The summed E-state index contributed by atoms with van der Waals surface area (Å²) in [6.45, 7) is 1.78. The maximum atomic E-state index is 11.2. The smallest absolute Gasteiger partial charge is 0.296 e. The summed E-state index contributed by atoms with van der Waals surface area (Å²) in [5.74, 6) is -0.190. The van der Waals surface area contributed by atoms with Gasteiger partial charge in [-0.2, -0.15) is 0 Å². The molecule has 0 bridgehead atoms. The van der Waals surface area contributed by atoms with Crippen LogP contribution in [0.5, 0.6) is 5.75 Å². The first-order valence-electron chi connectivity index (χ1n) is 6.54. The van der Waals surface area contributed by atoms with Crippen LogP contribution >= 0.6 is 0 Å². The van der Waals surface area contributed by atoms with Crippen molar-refractivity contribution < 1.29 is 15.1 Å². The van der Waals surface area contributed by atoms with Gasteiger partial charge < -0.3 is 15.1 Å². The molecule has 0 spiro atoms. The fraction of sp³-hybridized carbons (Fsp3) is 0.200. The van der Waals surface area contributed by atoms with Crippen LogP contribution in [-0.4, -0.2) is 21.4 Å². The number of aliphatic hydroxyl groups is 1. The molecule has 2 rings (SSSR count). The molecule has 0 saturated heterocycles. The molecule has 0 heterocycles. The zero-order valence-corrected chi connectivity index (χ0v) is 11.5. The molecule has 21 heavy (non-hydrogen) atoms. The topological polar surface area (TPSA) is 86.8 Å². The van der Waals surface area contributed by atoms with Gasteiger partial charge in [0.1, 0.15) is 17.7 Å². The van der Waals surface area contributed by atoms with Crippen LogP contribution in [0.4, 0.5) is 17.1 Å². The van der Waals surface area contributed by atoms with Crippen molar-refractivity contribution in [2.24, 2.45) is 0 Å². The van der Waals surface area contributed by atoms with Gasteiger partial charge in [0.05, 0.1) is 11.0 Å². The number of nitro benzene ring substituents is 1. The lowest BCUT2D eigenvalue weighted by Crippen LogP contribution is -2.30. The Labute approximate surface area is 122 Å². The predicted octanol–water partition coefficient (Wildman–Crippen LogP) is 3.17. The predicted molar refractivity (Wildman–Crippen MR) is 79.6 cm³/mol. The van der Waals surface area contributed by atoms with Crippen molar-refractivity contribution in [1.82, 2.24) is 0 Å². The van der Waals surface area contributed by atoms with Gasteiger partial charge in [-0.1, -0.05) is 25.1 Å². The fourth-order valence-corrected chi connectivity index (χ4v) is 2.10. The van der Waals surface area contributed by atoms with Gasteiger partial charge >= 0.3 is 0 Å². The van der Waals surface area contributed by atoms with Gasteiger partial charge in [0.2, 0.25) is 0 Å². The van der Waals surface area contributed by atoms with E-state index in [1.807, 2.05) is 6.07 Å². The summed E-state index contributed by atoms with van der Waals surface area (Å²) in [6.07, 6.45) is -0.511. The largest absolute Gasteiger partial charge is 0.508 e. The molecule has 1 unspecified atom stereocenters. The number of rotatable bonds is 5. The number of para-hydroxylation sites is 1. The minimum Gasteiger partial charge on any atom is -0.508 e. The number of aromatic hydroxyl groups is 1. The van der Waals surface area contributed by atoms with Crippen LogP contribution in [0.15, 0.2) is 48.5 Å². The SMILES string of the molecule is CCC(O)N(c1ccccc1)c1ccc(O)cc1[N+](=O)[O-]. The van der Waals surface area contributed by atoms with Crippen molar-refractivity contribution in [3.05, 3.63) is 58.6 Å². The van der Waals surface area contributed by atoms with Gasteiger partial charge in [-0.05, 0) is 30.7 Å². The summed E-state index contributed by atoms with van der Waals surface area (Å²) in [5, 5.41) is 30.9. The number of nitro groups is 1. The van der Waals surface area contributed by atoms with Gasteiger partial charge in [0.15, 0.2) is 0 Å². The number of anilines is 2. The van der Waals surface area contributed by atoms with Crippen LogP contribution < -0.4 is 4.90 Å². The van der Waals surface area contributed by atoms with Gasteiger partial charge in [0.25, 0.3) is 5.69 Å². The summed E-state index contributed by atoms with van der Waals surface area (Å²) < 4.78 is 0. The molecule has 2 aromatic carbocycles. The summed E-state index contributed by atoms with van der Waals surface area (Å²) in [5.41, 5.74) is 0.616. The first kappa shape index (κ1) is 14.8. The molecular formula is C15H16N2O4. The molecule has 0 fully saturated rings. The zero-order valence-electron chi connectivity index (χ0n) is 11.5. The summed E-state index contributed by atoms with van der Waals surface area (Å²) in [7, 11) is 0. The molecule has 0 saturated carbocycles. The second-order valence-electron chi connectivity index (χ2n) is 4.52. The minimum absolute atomic E-state index is 0.190. The first-order valence-corrected chi connectivity index (χ1v) is 6.54. The first-order chi connectivity index (χ1) is 10.0. The van der Waals surface area contributed by atoms with Gasteiger partial charge in [0, 0.05) is 5.69 Å². The Kier molecular flexibility index (Phi) is 4.39. The van der Waals surface area contributed by atoms with Gasteiger partial charge in [-0.15, -0.1) is 0 Å². The minimum atomic E-state index is -0.907. The molecule has 6 nitrogen and oxygen atoms in total. The highest BCUT2D eigenvalue weighted by atomic mass is 16.6. The van der Waals surface area contributed by atoms with Crippen LogP contribution in [0.1, 0.15) is 13.3 Å². The van der Waals surface area contributed by atoms with E-state index in [4.69, 9.17) is 0 Å². The van der Waals surface area contributed by atoms with E-state index >= 15 is 0 Å². The molecule has 0 aliphatic carbocycles. The van der Waals surface area contributed by atoms with E-state index in [2.05, 4.69) is 0 Å². The molecule has 0 radical (unpaired) electrons. The van der Waals surface area contributed by atoms with Crippen LogP contribution in [0.3, 0.4) is 0 Å². The van der Waals surface area contributed by atoms with Crippen molar-refractivity contribution in [2.75, 3.05) is 4.90 Å². The van der Waals surface area contributed by atoms with Crippen LogP contribution in [-0.2, 0) is 0 Å². The average molecular weight is 288 g/mol. The van der Waals surface area contributed by atoms with E-state index in [1.165, 1.54) is 17.0 Å². The molecule has 1 atom stereocenters. The van der Waals surface area contributed by atoms with Gasteiger partial charge in [-0.25, -0.2) is 0 Å². The monoisotopic (exact) mass is 288 g/mol. The highest BCUT2D eigenvalue weighted by Gasteiger charge is 2.25.